The van der Waals surface area contributed by atoms with Gasteiger partial charge in [0.15, 0.2) is 0 Å². The lowest BCUT2D eigenvalue weighted by Gasteiger charge is -2.34. The molecule has 6 nitrogen and oxygen atoms in total. The fourth-order valence-corrected chi connectivity index (χ4v) is 4.55. The van der Waals surface area contributed by atoms with Crippen molar-refractivity contribution in [3.05, 3.63) is 48.9 Å². The average Bonchev–Trinajstić information content (AvgIpc) is 3.34. The number of ether oxygens (including phenoxy) is 1. The van der Waals surface area contributed by atoms with E-state index >= 15 is 0 Å². The van der Waals surface area contributed by atoms with Crippen molar-refractivity contribution in [3.63, 3.8) is 0 Å². The minimum atomic E-state index is 0.149. The van der Waals surface area contributed by atoms with Gasteiger partial charge in [0, 0.05) is 61.3 Å². The fraction of sp³-hybridized carbons (Fsp3) is 0.429. The van der Waals surface area contributed by atoms with E-state index < -0.39 is 0 Å². The number of imidazole rings is 1. The third-order valence-electron chi connectivity index (χ3n) is 5.87. The van der Waals surface area contributed by atoms with Crippen LogP contribution in [0.2, 0.25) is 0 Å². The number of pyridine rings is 1. The second-order valence-corrected chi connectivity index (χ2v) is 7.50. The van der Waals surface area contributed by atoms with Crippen molar-refractivity contribution in [2.45, 2.75) is 31.0 Å². The van der Waals surface area contributed by atoms with E-state index in [-0.39, 0.29) is 12.7 Å². The van der Waals surface area contributed by atoms with E-state index in [2.05, 4.69) is 38.8 Å². The number of nitrogens with zero attached hydrogens (tertiary/aromatic N) is 4. The third kappa shape index (κ3) is 3.04. The quantitative estimate of drug-likeness (QED) is 0.771. The van der Waals surface area contributed by atoms with Gasteiger partial charge in [0.2, 0.25) is 0 Å². The van der Waals surface area contributed by atoms with E-state index in [1.54, 1.807) is 0 Å². The molecule has 0 spiro atoms. The van der Waals surface area contributed by atoms with E-state index in [0.29, 0.717) is 18.5 Å². The number of benzene rings is 1. The van der Waals surface area contributed by atoms with Gasteiger partial charge in [-0.2, -0.15) is 0 Å². The summed E-state index contributed by atoms with van der Waals surface area (Å²) in [6, 6.07) is 11.2. The van der Waals surface area contributed by atoms with Crippen LogP contribution in [0.5, 0.6) is 0 Å². The molecule has 2 aromatic heterocycles. The Balaban J connectivity index is 1.44. The molecule has 1 aromatic carbocycles. The van der Waals surface area contributed by atoms with Crippen molar-refractivity contribution >= 4 is 10.9 Å². The summed E-state index contributed by atoms with van der Waals surface area (Å²) >= 11 is 0. The van der Waals surface area contributed by atoms with Gasteiger partial charge in [-0.05, 0) is 25.0 Å². The van der Waals surface area contributed by atoms with Crippen LogP contribution < -0.4 is 0 Å². The predicted octanol–water partition coefficient (Wildman–Crippen LogP) is 2.49. The molecule has 5 rings (SSSR count). The monoisotopic (exact) mass is 364 g/mol. The Hall–Kier alpha value is -2.28. The molecule has 3 atom stereocenters. The number of fused-ring (bicyclic) bond motifs is 2. The Kier molecular flexibility index (Phi) is 4.39. The van der Waals surface area contributed by atoms with Gasteiger partial charge in [0.1, 0.15) is 5.82 Å². The van der Waals surface area contributed by atoms with Crippen LogP contribution >= 0.6 is 0 Å². The van der Waals surface area contributed by atoms with Crippen LogP contribution in [0.15, 0.2) is 48.9 Å². The number of hydrogen-bond acceptors (Lipinski definition) is 5. The van der Waals surface area contributed by atoms with Crippen LogP contribution in [-0.2, 0) is 4.74 Å². The maximum Gasteiger partial charge on any atom is 0.140 e. The second kappa shape index (κ2) is 7.03. The van der Waals surface area contributed by atoms with Gasteiger partial charge in [-0.15, -0.1) is 0 Å². The lowest BCUT2D eigenvalue weighted by Crippen LogP contribution is -2.46. The number of aliphatic hydroxyl groups excluding tert-OH is 1. The number of rotatable bonds is 4. The SMILES string of the molecule is OCC[C@H]1CN2C[C@H](n3ccnc3-c3cccc4ncccc34)C[C@H]2CO1. The highest BCUT2D eigenvalue weighted by Gasteiger charge is 2.38. The third-order valence-corrected chi connectivity index (χ3v) is 5.87. The Morgan fingerprint density at radius 1 is 1.07 bits per heavy atom. The molecule has 0 unspecified atom stereocenters. The van der Waals surface area contributed by atoms with Gasteiger partial charge in [-0.1, -0.05) is 18.2 Å². The van der Waals surface area contributed by atoms with Crippen LogP contribution in [0.3, 0.4) is 0 Å². The first-order valence-corrected chi connectivity index (χ1v) is 9.67. The highest BCUT2D eigenvalue weighted by molar-refractivity contribution is 5.92. The van der Waals surface area contributed by atoms with Crippen molar-refractivity contribution < 1.29 is 9.84 Å². The van der Waals surface area contributed by atoms with Gasteiger partial charge in [-0.25, -0.2) is 4.98 Å². The number of aliphatic hydroxyl groups is 1. The van der Waals surface area contributed by atoms with Gasteiger partial charge in [-0.3, -0.25) is 9.88 Å². The molecule has 6 heteroatoms. The van der Waals surface area contributed by atoms with Gasteiger partial charge < -0.3 is 14.4 Å². The van der Waals surface area contributed by atoms with Crippen molar-refractivity contribution in [1.29, 1.82) is 0 Å². The first-order valence-electron chi connectivity index (χ1n) is 9.67. The lowest BCUT2D eigenvalue weighted by atomic mass is 10.1. The highest BCUT2D eigenvalue weighted by atomic mass is 16.5. The smallest absolute Gasteiger partial charge is 0.140 e. The largest absolute Gasteiger partial charge is 0.396 e. The molecule has 0 radical (unpaired) electrons. The molecule has 0 bridgehead atoms. The molecule has 2 aliphatic rings. The molecular weight excluding hydrogens is 340 g/mol. The summed E-state index contributed by atoms with van der Waals surface area (Å²) in [4.78, 5) is 11.7. The zero-order valence-electron chi connectivity index (χ0n) is 15.2. The average molecular weight is 364 g/mol. The molecule has 1 N–H and O–H groups in total. The number of aromatic nitrogens is 3. The summed E-state index contributed by atoms with van der Waals surface area (Å²) in [5, 5.41) is 10.3. The minimum absolute atomic E-state index is 0.149. The van der Waals surface area contributed by atoms with E-state index in [0.717, 1.165) is 48.4 Å². The van der Waals surface area contributed by atoms with Gasteiger partial charge in [0.25, 0.3) is 0 Å². The van der Waals surface area contributed by atoms with Crippen molar-refractivity contribution in [2.24, 2.45) is 0 Å². The maximum absolute atomic E-state index is 9.19. The molecule has 0 aliphatic carbocycles. The number of hydrogen-bond donors (Lipinski definition) is 1. The Morgan fingerprint density at radius 3 is 2.96 bits per heavy atom. The fourth-order valence-electron chi connectivity index (χ4n) is 4.55. The Morgan fingerprint density at radius 2 is 2.04 bits per heavy atom. The molecule has 0 amide bonds. The van der Waals surface area contributed by atoms with Crippen LogP contribution in [0.1, 0.15) is 18.9 Å². The Labute approximate surface area is 158 Å². The first kappa shape index (κ1) is 16.9. The Bertz CT molecular complexity index is 935. The zero-order chi connectivity index (χ0) is 18.2. The van der Waals surface area contributed by atoms with Crippen molar-refractivity contribution in [2.75, 3.05) is 26.3 Å². The first-order chi connectivity index (χ1) is 13.3. The van der Waals surface area contributed by atoms with Crippen LogP contribution in [-0.4, -0.2) is 63.0 Å². The summed E-state index contributed by atoms with van der Waals surface area (Å²) in [6.07, 6.45) is 7.75. The molecule has 2 saturated heterocycles. The summed E-state index contributed by atoms with van der Waals surface area (Å²) in [5.41, 5.74) is 2.12. The molecular formula is C21H24N4O2. The molecule has 140 valence electrons. The van der Waals surface area contributed by atoms with E-state index in [1.807, 2.05) is 24.5 Å². The zero-order valence-corrected chi connectivity index (χ0v) is 15.2. The number of morpholine rings is 1. The summed E-state index contributed by atoms with van der Waals surface area (Å²) in [6.45, 7) is 2.85. The van der Waals surface area contributed by atoms with Gasteiger partial charge in [0.05, 0.1) is 18.2 Å². The molecule has 4 heterocycles. The second-order valence-electron chi connectivity index (χ2n) is 7.50. The summed E-state index contributed by atoms with van der Waals surface area (Å²) in [5.74, 6) is 1.01. The molecule has 0 saturated carbocycles. The van der Waals surface area contributed by atoms with Crippen LogP contribution in [0, 0.1) is 0 Å². The topological polar surface area (TPSA) is 63.4 Å². The predicted molar refractivity (Wildman–Crippen MR) is 103 cm³/mol. The van der Waals surface area contributed by atoms with Crippen molar-refractivity contribution in [3.8, 4) is 11.4 Å². The summed E-state index contributed by atoms with van der Waals surface area (Å²) in [7, 11) is 0. The molecule has 3 aromatic rings. The lowest BCUT2D eigenvalue weighted by molar-refractivity contribution is -0.0567. The minimum Gasteiger partial charge on any atom is -0.396 e. The van der Waals surface area contributed by atoms with Gasteiger partial charge >= 0.3 is 0 Å². The molecule has 27 heavy (non-hydrogen) atoms. The normalized spacial score (nSPS) is 25.7. The molecule has 2 fully saturated rings. The van der Waals surface area contributed by atoms with Crippen molar-refractivity contribution in [1.82, 2.24) is 19.4 Å². The van der Waals surface area contributed by atoms with Crippen LogP contribution in [0.4, 0.5) is 0 Å². The van der Waals surface area contributed by atoms with E-state index in [4.69, 9.17) is 9.72 Å². The maximum atomic E-state index is 9.19. The van der Waals surface area contributed by atoms with E-state index in [1.165, 1.54) is 0 Å². The highest BCUT2D eigenvalue weighted by Crippen LogP contribution is 2.35. The molecule has 2 aliphatic heterocycles. The standard InChI is InChI=1S/C21H24N4O2/c26-10-6-17-13-24-12-15(11-16(24)14-27-17)25-9-8-23-21(25)19-3-1-5-20-18(19)4-2-7-22-20/h1-5,7-9,15-17,26H,6,10-14H2/t15-,16+,17+/m1/s1. The van der Waals surface area contributed by atoms with Crippen LogP contribution in [0.25, 0.3) is 22.3 Å². The summed E-state index contributed by atoms with van der Waals surface area (Å²) < 4.78 is 8.26. The van der Waals surface area contributed by atoms with E-state index in [9.17, 15) is 5.11 Å².